The SMILES string of the molecule is Cc1ccc(-c2c3ccccc3c(-c3ccc4c(c3)C(C)(C)c3ccccc3-4)c3ccc(C)cc23)cc1. The number of rotatable bonds is 2. The van der Waals surface area contributed by atoms with Gasteiger partial charge < -0.3 is 0 Å². The van der Waals surface area contributed by atoms with Gasteiger partial charge in [0.2, 0.25) is 0 Å². The van der Waals surface area contributed by atoms with Gasteiger partial charge in [0.25, 0.3) is 0 Å². The summed E-state index contributed by atoms with van der Waals surface area (Å²) < 4.78 is 0. The van der Waals surface area contributed by atoms with Crippen LogP contribution in [0.4, 0.5) is 0 Å². The maximum absolute atomic E-state index is 2.46. The van der Waals surface area contributed by atoms with Crippen molar-refractivity contribution in [2.75, 3.05) is 0 Å². The van der Waals surface area contributed by atoms with Gasteiger partial charge in [0, 0.05) is 5.41 Å². The first-order chi connectivity index (χ1) is 17.9. The number of fused-ring (bicyclic) bond motifs is 5. The molecule has 0 atom stereocenters. The maximum Gasteiger partial charge on any atom is 0.0159 e. The Bertz CT molecular complexity index is 1850. The standard InChI is InChI=1S/C37H30/c1-23-13-16-25(17-14-23)35-29-10-5-6-11-30(29)36(31-19-15-24(2)21-32(31)35)26-18-20-28-27-9-7-8-12-33(27)37(3,4)34(28)22-26/h5-22H,1-4H3. The Hall–Kier alpha value is -4.16. The smallest absolute Gasteiger partial charge is 0.0159 e. The van der Waals surface area contributed by atoms with E-state index in [1.807, 2.05) is 0 Å². The lowest BCUT2D eigenvalue weighted by Gasteiger charge is -2.23. The number of hydrogen-bond acceptors (Lipinski definition) is 0. The molecule has 0 N–H and O–H groups in total. The molecule has 0 fully saturated rings. The highest BCUT2D eigenvalue weighted by Crippen LogP contribution is 2.51. The van der Waals surface area contributed by atoms with Gasteiger partial charge in [0.1, 0.15) is 0 Å². The van der Waals surface area contributed by atoms with Crippen LogP contribution in [0, 0.1) is 13.8 Å². The molecule has 0 heteroatoms. The van der Waals surface area contributed by atoms with Gasteiger partial charge in [-0.2, -0.15) is 0 Å². The van der Waals surface area contributed by atoms with E-state index in [-0.39, 0.29) is 5.41 Å². The van der Waals surface area contributed by atoms with Gasteiger partial charge >= 0.3 is 0 Å². The van der Waals surface area contributed by atoms with Crippen molar-refractivity contribution in [3.8, 4) is 33.4 Å². The highest BCUT2D eigenvalue weighted by atomic mass is 14.4. The summed E-state index contributed by atoms with van der Waals surface area (Å²) in [6.07, 6.45) is 0. The molecule has 6 aromatic rings. The summed E-state index contributed by atoms with van der Waals surface area (Å²) in [6.45, 7) is 9.08. The third-order valence-electron chi connectivity index (χ3n) is 8.39. The maximum atomic E-state index is 2.46. The zero-order valence-electron chi connectivity index (χ0n) is 21.9. The van der Waals surface area contributed by atoms with Gasteiger partial charge in [-0.15, -0.1) is 0 Å². The highest BCUT2D eigenvalue weighted by molar-refractivity contribution is 6.21. The van der Waals surface area contributed by atoms with Crippen LogP contribution < -0.4 is 0 Å². The summed E-state index contributed by atoms with van der Waals surface area (Å²) in [6, 6.07) is 40.9. The monoisotopic (exact) mass is 474 g/mol. The summed E-state index contributed by atoms with van der Waals surface area (Å²) >= 11 is 0. The minimum absolute atomic E-state index is 0.0219. The molecule has 7 rings (SSSR count). The van der Waals surface area contributed by atoms with Crippen LogP contribution in [0.25, 0.3) is 54.9 Å². The molecule has 1 aliphatic rings. The van der Waals surface area contributed by atoms with E-state index in [9.17, 15) is 0 Å². The Balaban J connectivity index is 1.57. The van der Waals surface area contributed by atoms with Crippen LogP contribution in [0.2, 0.25) is 0 Å². The van der Waals surface area contributed by atoms with Crippen molar-refractivity contribution in [3.63, 3.8) is 0 Å². The molecule has 1 aliphatic carbocycles. The van der Waals surface area contributed by atoms with Crippen molar-refractivity contribution >= 4 is 21.5 Å². The quantitative estimate of drug-likeness (QED) is 0.219. The molecule has 0 spiro atoms. The highest BCUT2D eigenvalue weighted by Gasteiger charge is 2.35. The van der Waals surface area contributed by atoms with Crippen LogP contribution >= 0.6 is 0 Å². The molecular formula is C37H30. The van der Waals surface area contributed by atoms with E-state index in [2.05, 4.69) is 137 Å². The zero-order valence-corrected chi connectivity index (χ0v) is 21.9. The van der Waals surface area contributed by atoms with Crippen LogP contribution in [0.3, 0.4) is 0 Å². The lowest BCUT2D eigenvalue weighted by atomic mass is 9.80. The molecule has 0 aliphatic heterocycles. The van der Waals surface area contributed by atoms with Crippen LogP contribution in [0.1, 0.15) is 36.1 Å². The topological polar surface area (TPSA) is 0 Å². The molecular weight excluding hydrogens is 444 g/mol. The van der Waals surface area contributed by atoms with Gasteiger partial charge in [-0.1, -0.05) is 128 Å². The van der Waals surface area contributed by atoms with Crippen LogP contribution in [0.5, 0.6) is 0 Å². The molecule has 37 heavy (non-hydrogen) atoms. The van der Waals surface area contributed by atoms with Crippen molar-refractivity contribution in [2.24, 2.45) is 0 Å². The second kappa shape index (κ2) is 7.92. The molecule has 0 nitrogen and oxygen atoms in total. The number of benzene rings is 6. The van der Waals surface area contributed by atoms with Crippen LogP contribution in [-0.2, 0) is 5.41 Å². The van der Waals surface area contributed by atoms with Crippen molar-refractivity contribution in [2.45, 2.75) is 33.1 Å². The Morgan fingerprint density at radius 2 is 1.00 bits per heavy atom. The molecule has 0 saturated carbocycles. The fourth-order valence-electron chi connectivity index (χ4n) is 6.49. The molecule has 0 bridgehead atoms. The molecule has 178 valence electrons. The number of aryl methyl sites for hydroxylation is 2. The first-order valence-corrected chi connectivity index (χ1v) is 13.2. The van der Waals surface area contributed by atoms with Crippen molar-refractivity contribution < 1.29 is 0 Å². The Morgan fingerprint density at radius 3 is 1.76 bits per heavy atom. The fraction of sp³-hybridized carbons (Fsp3) is 0.135. The summed E-state index contributed by atoms with van der Waals surface area (Å²) in [5.74, 6) is 0. The minimum Gasteiger partial charge on any atom is -0.0619 e. The summed E-state index contributed by atoms with van der Waals surface area (Å²) in [5, 5.41) is 5.25. The second-order valence-corrected chi connectivity index (χ2v) is 11.1. The van der Waals surface area contributed by atoms with Crippen molar-refractivity contribution in [1.82, 2.24) is 0 Å². The summed E-state index contributed by atoms with van der Waals surface area (Å²) in [7, 11) is 0. The first kappa shape index (κ1) is 22.1. The summed E-state index contributed by atoms with van der Waals surface area (Å²) in [4.78, 5) is 0. The second-order valence-electron chi connectivity index (χ2n) is 11.1. The third kappa shape index (κ3) is 3.22. The van der Waals surface area contributed by atoms with Crippen molar-refractivity contribution in [3.05, 3.63) is 131 Å². The predicted molar refractivity (Wildman–Crippen MR) is 159 cm³/mol. The molecule has 0 heterocycles. The van der Waals surface area contributed by atoms with Crippen LogP contribution in [-0.4, -0.2) is 0 Å². The number of hydrogen-bond donors (Lipinski definition) is 0. The van der Waals surface area contributed by atoms with Gasteiger partial charge in [-0.05, 0) is 86.0 Å². The normalized spacial score (nSPS) is 13.6. The van der Waals surface area contributed by atoms with E-state index in [1.54, 1.807) is 0 Å². The van der Waals surface area contributed by atoms with Gasteiger partial charge in [-0.25, -0.2) is 0 Å². The average Bonchev–Trinajstić information content (AvgIpc) is 3.14. The summed E-state index contributed by atoms with van der Waals surface area (Å²) in [5.41, 5.74) is 13.3. The molecule has 0 unspecified atom stereocenters. The zero-order chi connectivity index (χ0) is 25.3. The van der Waals surface area contributed by atoms with Gasteiger partial charge in [0.05, 0.1) is 0 Å². The predicted octanol–water partition coefficient (Wildman–Crippen LogP) is 10.3. The molecule has 0 radical (unpaired) electrons. The fourth-order valence-corrected chi connectivity index (χ4v) is 6.49. The molecule has 0 aromatic heterocycles. The van der Waals surface area contributed by atoms with E-state index in [0.717, 1.165) is 0 Å². The lowest BCUT2D eigenvalue weighted by Crippen LogP contribution is -2.14. The Morgan fingerprint density at radius 1 is 0.432 bits per heavy atom. The Labute approximate surface area is 219 Å². The third-order valence-corrected chi connectivity index (χ3v) is 8.39. The molecule has 0 saturated heterocycles. The Kier molecular flexibility index (Phi) is 4.72. The lowest BCUT2D eigenvalue weighted by molar-refractivity contribution is 0.660. The molecule has 6 aromatic carbocycles. The van der Waals surface area contributed by atoms with E-state index in [0.29, 0.717) is 0 Å². The van der Waals surface area contributed by atoms with Gasteiger partial charge in [-0.3, -0.25) is 0 Å². The van der Waals surface area contributed by atoms with E-state index in [4.69, 9.17) is 0 Å². The van der Waals surface area contributed by atoms with E-state index >= 15 is 0 Å². The van der Waals surface area contributed by atoms with Crippen LogP contribution in [0.15, 0.2) is 109 Å². The van der Waals surface area contributed by atoms with Crippen molar-refractivity contribution in [1.29, 1.82) is 0 Å². The van der Waals surface area contributed by atoms with E-state index < -0.39 is 0 Å². The largest absolute Gasteiger partial charge is 0.0619 e. The first-order valence-electron chi connectivity index (χ1n) is 13.2. The average molecular weight is 475 g/mol. The molecule has 0 amide bonds. The minimum atomic E-state index is -0.0219. The van der Waals surface area contributed by atoms with E-state index in [1.165, 1.54) is 77.2 Å². The van der Waals surface area contributed by atoms with Gasteiger partial charge in [0.15, 0.2) is 0 Å².